The van der Waals surface area contributed by atoms with Gasteiger partial charge in [-0.05, 0) is 29.8 Å². The molecule has 2 fully saturated rings. The van der Waals surface area contributed by atoms with Crippen molar-refractivity contribution in [3.63, 3.8) is 0 Å². The Morgan fingerprint density at radius 1 is 0.778 bits per heavy atom. The maximum Gasteiger partial charge on any atom is 0.237 e. The van der Waals surface area contributed by atoms with E-state index in [1.807, 2.05) is 0 Å². The number of likely N-dealkylation sites (tertiary alicyclic amines) is 1. The van der Waals surface area contributed by atoms with E-state index in [9.17, 15) is 19.2 Å². The van der Waals surface area contributed by atoms with Crippen molar-refractivity contribution in [2.24, 2.45) is 11.8 Å². The van der Waals surface area contributed by atoms with Crippen molar-refractivity contribution in [3.05, 3.63) is 104 Å². The van der Waals surface area contributed by atoms with Crippen LogP contribution in [0.15, 0.2) is 66.7 Å². The molecule has 3 aliphatic rings. The number of ketones is 2. The fourth-order valence-corrected chi connectivity index (χ4v) is 6.16. The van der Waals surface area contributed by atoms with Gasteiger partial charge in [0.05, 0.1) is 24.5 Å². The van der Waals surface area contributed by atoms with Gasteiger partial charge in [0.1, 0.15) is 0 Å². The Hall–Kier alpha value is -3.03. The second-order valence-corrected chi connectivity index (χ2v) is 10.3. The van der Waals surface area contributed by atoms with Crippen molar-refractivity contribution in [2.75, 3.05) is 0 Å². The molecule has 2 amide bonds. The van der Waals surface area contributed by atoms with E-state index in [1.54, 1.807) is 48.5 Å². The van der Waals surface area contributed by atoms with E-state index in [1.165, 1.54) is 18.2 Å². The van der Waals surface area contributed by atoms with Crippen LogP contribution in [-0.4, -0.2) is 33.9 Å². The predicted molar refractivity (Wildman–Crippen MR) is 132 cm³/mol. The molecule has 1 spiro atoms. The summed E-state index contributed by atoms with van der Waals surface area (Å²) in [4.78, 5) is 56.2. The normalized spacial score (nSPS) is 24.1. The quantitative estimate of drug-likeness (QED) is 0.331. The van der Waals surface area contributed by atoms with E-state index in [0.717, 1.165) is 4.90 Å². The van der Waals surface area contributed by atoms with Gasteiger partial charge in [0.15, 0.2) is 0 Å². The molecule has 0 N–H and O–H groups in total. The number of amides is 2. The van der Waals surface area contributed by atoms with E-state index in [4.69, 9.17) is 39.5 Å². The lowest BCUT2D eigenvalue weighted by molar-refractivity contribution is -0.145. The summed E-state index contributed by atoms with van der Waals surface area (Å²) >= 11 is 18.5. The SMILES string of the molecule is O=C1C2C(c3ccc(Cl)cc3Cl)OC3(C(=O)c4ccccc4C3=O)C2C(=O)N1Cc1ccc(Cl)cc1. The van der Waals surface area contributed by atoms with Gasteiger partial charge in [-0.2, -0.15) is 0 Å². The minimum atomic E-state index is -2.15. The number of nitrogens with zero attached hydrogens (tertiary/aromatic N) is 1. The largest absolute Gasteiger partial charge is 0.349 e. The molecule has 2 aliphatic heterocycles. The first-order valence-corrected chi connectivity index (χ1v) is 12.3. The second-order valence-electron chi connectivity index (χ2n) is 9.04. The minimum absolute atomic E-state index is 0.0334. The molecule has 180 valence electrons. The average molecular weight is 541 g/mol. The highest BCUT2D eigenvalue weighted by molar-refractivity contribution is 6.36. The minimum Gasteiger partial charge on any atom is -0.349 e. The number of Topliss-reactive ketones (excluding diaryl/α,β-unsaturated/α-hetero) is 2. The summed E-state index contributed by atoms with van der Waals surface area (Å²) < 4.78 is 6.23. The highest BCUT2D eigenvalue weighted by Gasteiger charge is 2.74. The maximum atomic E-state index is 13.8. The molecular weight excluding hydrogens is 525 g/mol. The molecule has 3 unspecified atom stereocenters. The number of halogens is 3. The fourth-order valence-electron chi connectivity index (χ4n) is 5.52. The molecule has 1 aliphatic carbocycles. The first kappa shape index (κ1) is 23.4. The number of fused-ring (bicyclic) bond motifs is 3. The molecule has 9 heteroatoms. The molecule has 3 aromatic rings. The standard InChI is InChI=1S/C27H16Cl3NO5/c28-14-7-5-13(6-8-14)12-31-25(34)20-21(26(31)35)27(23(32)16-3-1-2-4-17(16)24(27)33)36-22(20)18-10-9-15(29)11-19(18)30/h1-11,20-22H,12H2. The lowest BCUT2D eigenvalue weighted by Crippen LogP contribution is -2.50. The maximum absolute atomic E-state index is 13.8. The molecule has 0 radical (unpaired) electrons. The summed E-state index contributed by atoms with van der Waals surface area (Å²) in [5.41, 5.74) is -0.770. The molecule has 6 rings (SSSR count). The van der Waals surface area contributed by atoms with Crippen molar-refractivity contribution < 1.29 is 23.9 Å². The molecule has 6 nitrogen and oxygen atoms in total. The van der Waals surface area contributed by atoms with E-state index >= 15 is 0 Å². The van der Waals surface area contributed by atoms with Crippen LogP contribution < -0.4 is 0 Å². The Kier molecular flexibility index (Phi) is 5.36. The molecule has 2 heterocycles. The zero-order valence-corrected chi connectivity index (χ0v) is 20.7. The van der Waals surface area contributed by atoms with Crippen LogP contribution in [0, 0.1) is 11.8 Å². The summed E-state index contributed by atoms with van der Waals surface area (Å²) in [5.74, 6) is -4.88. The summed E-state index contributed by atoms with van der Waals surface area (Å²) in [7, 11) is 0. The molecule has 0 bridgehead atoms. The summed E-state index contributed by atoms with van der Waals surface area (Å²) in [6.07, 6.45) is -1.10. The lowest BCUT2D eigenvalue weighted by atomic mass is 9.77. The van der Waals surface area contributed by atoms with E-state index in [-0.39, 0.29) is 22.7 Å². The van der Waals surface area contributed by atoms with Gasteiger partial charge in [-0.3, -0.25) is 24.1 Å². The van der Waals surface area contributed by atoms with Crippen LogP contribution in [0.3, 0.4) is 0 Å². The third-order valence-corrected chi connectivity index (χ3v) is 7.95. The number of imide groups is 1. The second kappa shape index (κ2) is 8.25. The van der Waals surface area contributed by atoms with Gasteiger partial charge in [0, 0.05) is 31.8 Å². The van der Waals surface area contributed by atoms with Gasteiger partial charge < -0.3 is 4.74 Å². The molecule has 3 atom stereocenters. The fraction of sp³-hybridized carbons (Fsp3) is 0.185. The lowest BCUT2D eigenvalue weighted by Gasteiger charge is -2.27. The first-order chi connectivity index (χ1) is 17.2. The number of hydrogen-bond donors (Lipinski definition) is 0. The third-order valence-electron chi connectivity index (χ3n) is 7.13. The smallest absolute Gasteiger partial charge is 0.237 e. The van der Waals surface area contributed by atoms with Gasteiger partial charge in [-0.15, -0.1) is 0 Å². The Morgan fingerprint density at radius 3 is 2.00 bits per heavy atom. The van der Waals surface area contributed by atoms with E-state index in [0.29, 0.717) is 21.2 Å². The van der Waals surface area contributed by atoms with Gasteiger partial charge >= 0.3 is 0 Å². The van der Waals surface area contributed by atoms with Crippen molar-refractivity contribution >= 4 is 58.2 Å². The molecule has 3 aromatic carbocycles. The molecule has 36 heavy (non-hydrogen) atoms. The van der Waals surface area contributed by atoms with Gasteiger partial charge in [0.2, 0.25) is 29.0 Å². The Balaban J connectivity index is 1.49. The van der Waals surface area contributed by atoms with Crippen LogP contribution in [0.25, 0.3) is 0 Å². The zero-order chi connectivity index (χ0) is 25.4. The van der Waals surface area contributed by atoms with Crippen molar-refractivity contribution in [3.8, 4) is 0 Å². The molecule has 0 aromatic heterocycles. The third kappa shape index (κ3) is 3.15. The first-order valence-electron chi connectivity index (χ1n) is 11.1. The van der Waals surface area contributed by atoms with Crippen molar-refractivity contribution in [1.29, 1.82) is 0 Å². The van der Waals surface area contributed by atoms with Crippen LogP contribution in [-0.2, 0) is 20.9 Å². The number of rotatable bonds is 3. The molecular formula is C27H16Cl3NO5. The van der Waals surface area contributed by atoms with Crippen LogP contribution >= 0.6 is 34.8 Å². The van der Waals surface area contributed by atoms with Gasteiger partial charge in [0.25, 0.3) is 0 Å². The monoisotopic (exact) mass is 539 g/mol. The van der Waals surface area contributed by atoms with Crippen LogP contribution in [0.2, 0.25) is 15.1 Å². The average Bonchev–Trinajstić information content (AvgIpc) is 3.41. The number of carbonyl (C=O) groups excluding carboxylic acids is 4. The van der Waals surface area contributed by atoms with Crippen molar-refractivity contribution in [1.82, 2.24) is 4.90 Å². The highest BCUT2D eigenvalue weighted by Crippen LogP contribution is 2.58. The van der Waals surface area contributed by atoms with Crippen molar-refractivity contribution in [2.45, 2.75) is 18.2 Å². The number of ether oxygens (including phenoxy) is 1. The Bertz CT molecular complexity index is 1450. The Labute approximate surface area is 220 Å². The van der Waals surface area contributed by atoms with Crippen LogP contribution in [0.1, 0.15) is 37.9 Å². The van der Waals surface area contributed by atoms with Gasteiger partial charge in [-0.1, -0.05) is 77.3 Å². The number of carbonyl (C=O) groups is 4. The Morgan fingerprint density at radius 2 is 1.39 bits per heavy atom. The predicted octanol–water partition coefficient (Wildman–Crippen LogP) is 5.34. The summed E-state index contributed by atoms with van der Waals surface area (Å²) in [6, 6.07) is 17.7. The highest BCUT2D eigenvalue weighted by atomic mass is 35.5. The summed E-state index contributed by atoms with van der Waals surface area (Å²) in [6.45, 7) is -0.0334. The van der Waals surface area contributed by atoms with E-state index in [2.05, 4.69) is 0 Å². The number of benzene rings is 3. The number of hydrogen-bond acceptors (Lipinski definition) is 5. The molecule has 0 saturated carbocycles. The van der Waals surface area contributed by atoms with Crippen LogP contribution in [0.5, 0.6) is 0 Å². The van der Waals surface area contributed by atoms with E-state index < -0.39 is 46.9 Å². The van der Waals surface area contributed by atoms with Crippen LogP contribution in [0.4, 0.5) is 0 Å². The van der Waals surface area contributed by atoms with Gasteiger partial charge in [-0.25, -0.2) is 0 Å². The topological polar surface area (TPSA) is 80.8 Å². The summed E-state index contributed by atoms with van der Waals surface area (Å²) in [5, 5.41) is 1.08. The zero-order valence-electron chi connectivity index (χ0n) is 18.4. The molecule has 2 saturated heterocycles.